The first-order chi connectivity index (χ1) is 9.75. The molecule has 1 unspecified atom stereocenters. The average Bonchev–Trinajstić information content (AvgIpc) is 3.01. The van der Waals surface area contributed by atoms with E-state index in [9.17, 15) is 4.79 Å². The fourth-order valence-corrected chi connectivity index (χ4v) is 4.16. The van der Waals surface area contributed by atoms with Crippen LogP contribution in [0.2, 0.25) is 5.02 Å². The van der Waals surface area contributed by atoms with Crippen molar-refractivity contribution in [3.63, 3.8) is 0 Å². The second-order valence-corrected chi connectivity index (χ2v) is 6.62. The highest BCUT2D eigenvalue weighted by atomic mass is 35.5. The minimum atomic E-state index is -0.0853. The van der Waals surface area contributed by atoms with Crippen molar-refractivity contribution < 1.29 is 4.79 Å². The van der Waals surface area contributed by atoms with Gasteiger partial charge in [-0.1, -0.05) is 11.6 Å². The van der Waals surface area contributed by atoms with Crippen molar-refractivity contribution in [2.75, 3.05) is 37.7 Å². The maximum Gasteiger partial charge on any atom is 0.274 e. The van der Waals surface area contributed by atoms with E-state index in [4.69, 9.17) is 11.6 Å². The highest BCUT2D eigenvalue weighted by Gasteiger charge is 2.29. The van der Waals surface area contributed by atoms with Gasteiger partial charge in [-0.25, -0.2) is 9.97 Å². The number of halogens is 1. The minimum Gasteiger partial charge on any atom is -0.335 e. The summed E-state index contributed by atoms with van der Waals surface area (Å²) in [6.07, 6.45) is 4.11. The summed E-state index contributed by atoms with van der Waals surface area (Å²) in [5.41, 5.74) is 0.312. The van der Waals surface area contributed by atoms with Crippen LogP contribution in [0.4, 0.5) is 0 Å². The topological polar surface area (TPSA) is 49.3 Å². The SMILES string of the molecule is O=C(c1ncncc1Cl)N1CCN(C2CCSC2)CC1. The van der Waals surface area contributed by atoms with Crippen LogP contribution in [0.5, 0.6) is 0 Å². The molecule has 0 spiro atoms. The monoisotopic (exact) mass is 312 g/mol. The molecule has 2 aliphatic heterocycles. The molecule has 2 saturated heterocycles. The molecule has 5 nitrogen and oxygen atoms in total. The molecule has 0 radical (unpaired) electrons. The largest absolute Gasteiger partial charge is 0.335 e. The molecule has 3 heterocycles. The van der Waals surface area contributed by atoms with Gasteiger partial charge >= 0.3 is 0 Å². The van der Waals surface area contributed by atoms with Crippen LogP contribution in [0.25, 0.3) is 0 Å². The minimum absolute atomic E-state index is 0.0853. The summed E-state index contributed by atoms with van der Waals surface area (Å²) < 4.78 is 0. The summed E-state index contributed by atoms with van der Waals surface area (Å²) in [4.78, 5) is 24.5. The third-order valence-electron chi connectivity index (χ3n) is 3.89. The van der Waals surface area contributed by atoms with Gasteiger partial charge in [-0.2, -0.15) is 11.8 Å². The van der Waals surface area contributed by atoms with Crippen LogP contribution < -0.4 is 0 Å². The van der Waals surface area contributed by atoms with Gasteiger partial charge in [-0.05, 0) is 12.2 Å². The first kappa shape index (κ1) is 14.1. The lowest BCUT2D eigenvalue weighted by molar-refractivity contribution is 0.0583. The lowest BCUT2D eigenvalue weighted by Crippen LogP contribution is -2.52. The first-order valence-electron chi connectivity index (χ1n) is 6.82. The molecular weight excluding hydrogens is 296 g/mol. The lowest BCUT2D eigenvalue weighted by atomic mass is 10.2. The summed E-state index contributed by atoms with van der Waals surface area (Å²) in [6.45, 7) is 3.39. The Morgan fingerprint density at radius 1 is 1.35 bits per heavy atom. The van der Waals surface area contributed by atoms with Crippen molar-refractivity contribution in [1.82, 2.24) is 19.8 Å². The predicted octanol–water partition coefficient (Wildman–Crippen LogP) is 1.39. The number of hydrogen-bond donors (Lipinski definition) is 0. The quantitative estimate of drug-likeness (QED) is 0.826. The Kier molecular flexibility index (Phi) is 4.43. The molecule has 1 atom stereocenters. The second-order valence-electron chi connectivity index (χ2n) is 5.06. The van der Waals surface area contributed by atoms with Crippen molar-refractivity contribution in [1.29, 1.82) is 0 Å². The Labute approximate surface area is 127 Å². The summed E-state index contributed by atoms with van der Waals surface area (Å²) in [5.74, 6) is 2.41. The molecule has 1 aromatic heterocycles. The zero-order valence-electron chi connectivity index (χ0n) is 11.2. The highest BCUT2D eigenvalue weighted by Crippen LogP contribution is 2.23. The van der Waals surface area contributed by atoms with E-state index >= 15 is 0 Å². The van der Waals surface area contributed by atoms with Gasteiger partial charge in [-0.15, -0.1) is 0 Å². The van der Waals surface area contributed by atoms with Gasteiger partial charge < -0.3 is 4.90 Å². The first-order valence-corrected chi connectivity index (χ1v) is 8.35. The summed E-state index contributed by atoms with van der Waals surface area (Å²) in [5, 5.41) is 0.326. The molecule has 108 valence electrons. The fraction of sp³-hybridized carbons (Fsp3) is 0.615. The van der Waals surface area contributed by atoms with E-state index in [-0.39, 0.29) is 5.91 Å². The van der Waals surface area contributed by atoms with Gasteiger partial charge in [0.2, 0.25) is 0 Å². The van der Waals surface area contributed by atoms with Crippen LogP contribution in [0.15, 0.2) is 12.5 Å². The molecule has 1 aromatic rings. The number of hydrogen-bond acceptors (Lipinski definition) is 5. The zero-order chi connectivity index (χ0) is 13.9. The number of carbonyl (C=O) groups excluding carboxylic acids is 1. The van der Waals surface area contributed by atoms with E-state index in [0.29, 0.717) is 16.8 Å². The highest BCUT2D eigenvalue weighted by molar-refractivity contribution is 7.99. The van der Waals surface area contributed by atoms with Gasteiger partial charge in [-0.3, -0.25) is 9.69 Å². The molecule has 20 heavy (non-hydrogen) atoms. The van der Waals surface area contributed by atoms with Crippen LogP contribution in [0, 0.1) is 0 Å². The van der Waals surface area contributed by atoms with Crippen molar-refractivity contribution in [3.05, 3.63) is 23.2 Å². The van der Waals surface area contributed by atoms with E-state index in [0.717, 1.165) is 26.2 Å². The van der Waals surface area contributed by atoms with Gasteiger partial charge in [0.1, 0.15) is 12.0 Å². The Balaban J connectivity index is 1.60. The van der Waals surface area contributed by atoms with E-state index in [1.807, 2.05) is 16.7 Å². The maximum atomic E-state index is 12.4. The summed E-state index contributed by atoms with van der Waals surface area (Å²) >= 11 is 8.01. The Hall–Kier alpha value is -0.850. The van der Waals surface area contributed by atoms with Gasteiger partial charge in [0, 0.05) is 44.2 Å². The van der Waals surface area contributed by atoms with Crippen molar-refractivity contribution >= 4 is 29.3 Å². The molecule has 0 bridgehead atoms. The predicted molar refractivity (Wildman–Crippen MR) is 80.2 cm³/mol. The Morgan fingerprint density at radius 2 is 2.15 bits per heavy atom. The van der Waals surface area contributed by atoms with Crippen LogP contribution in [-0.4, -0.2) is 69.4 Å². The molecule has 1 amide bonds. The number of nitrogens with zero attached hydrogens (tertiary/aromatic N) is 4. The van der Waals surface area contributed by atoms with E-state index in [1.54, 1.807) is 0 Å². The summed E-state index contributed by atoms with van der Waals surface area (Å²) in [7, 11) is 0. The Morgan fingerprint density at radius 3 is 2.80 bits per heavy atom. The van der Waals surface area contributed by atoms with Gasteiger partial charge in [0.05, 0.1) is 5.02 Å². The number of piperazine rings is 1. The standard InChI is InChI=1S/C13H17ClN4OS/c14-11-7-15-9-16-12(11)13(19)18-4-2-17(3-5-18)10-1-6-20-8-10/h7,9-10H,1-6,8H2. The number of thioether (sulfide) groups is 1. The molecule has 0 aliphatic carbocycles. The molecule has 2 aliphatic rings. The molecule has 0 saturated carbocycles. The average molecular weight is 313 g/mol. The van der Waals surface area contributed by atoms with Crippen LogP contribution >= 0.6 is 23.4 Å². The van der Waals surface area contributed by atoms with Crippen LogP contribution in [0.3, 0.4) is 0 Å². The van der Waals surface area contributed by atoms with Gasteiger partial charge in [0.25, 0.3) is 5.91 Å². The number of rotatable bonds is 2. The number of aromatic nitrogens is 2. The Bertz CT molecular complexity index is 487. The van der Waals surface area contributed by atoms with Crippen molar-refractivity contribution in [3.8, 4) is 0 Å². The third-order valence-corrected chi connectivity index (χ3v) is 5.32. The molecule has 7 heteroatoms. The van der Waals surface area contributed by atoms with E-state index in [2.05, 4.69) is 14.9 Å². The smallest absolute Gasteiger partial charge is 0.274 e. The van der Waals surface area contributed by atoms with Crippen molar-refractivity contribution in [2.24, 2.45) is 0 Å². The van der Waals surface area contributed by atoms with Crippen LogP contribution in [-0.2, 0) is 0 Å². The number of carbonyl (C=O) groups is 1. The maximum absolute atomic E-state index is 12.4. The normalized spacial score (nSPS) is 24.1. The lowest BCUT2D eigenvalue weighted by Gasteiger charge is -2.37. The van der Waals surface area contributed by atoms with Crippen molar-refractivity contribution in [2.45, 2.75) is 12.5 Å². The second kappa shape index (κ2) is 6.28. The number of amides is 1. The van der Waals surface area contributed by atoms with E-state index < -0.39 is 0 Å². The molecule has 0 N–H and O–H groups in total. The summed E-state index contributed by atoms with van der Waals surface area (Å²) in [6, 6.07) is 0.694. The zero-order valence-corrected chi connectivity index (χ0v) is 12.7. The fourth-order valence-electron chi connectivity index (χ4n) is 2.72. The van der Waals surface area contributed by atoms with Crippen LogP contribution in [0.1, 0.15) is 16.9 Å². The molecule has 3 rings (SSSR count). The molecule has 2 fully saturated rings. The molecule has 0 aromatic carbocycles. The third kappa shape index (κ3) is 2.92. The molecular formula is C13H17ClN4OS. The van der Waals surface area contributed by atoms with Gasteiger partial charge in [0.15, 0.2) is 0 Å². The van der Waals surface area contributed by atoms with E-state index in [1.165, 1.54) is 30.5 Å².